The lowest BCUT2D eigenvalue weighted by Crippen LogP contribution is -2.48. The van der Waals surface area contributed by atoms with Crippen LogP contribution in [0.15, 0.2) is 0 Å². The molecule has 0 spiro atoms. The summed E-state index contributed by atoms with van der Waals surface area (Å²) in [6, 6.07) is -0.522. The maximum Gasteiger partial charge on any atom is 0.242 e. The molecule has 1 aliphatic heterocycles. The van der Waals surface area contributed by atoms with Crippen molar-refractivity contribution in [3.63, 3.8) is 0 Å². The summed E-state index contributed by atoms with van der Waals surface area (Å²) in [5, 5.41) is 18.4. The highest BCUT2D eigenvalue weighted by Gasteiger charge is 2.27. The Bertz CT molecular complexity index is 369. The minimum atomic E-state index is -0.522. The van der Waals surface area contributed by atoms with Crippen LogP contribution in [-0.2, 0) is 9.59 Å². The zero-order valence-corrected chi connectivity index (χ0v) is 12.7. The number of rotatable bonds is 5. The molecule has 6 heteroatoms. The van der Waals surface area contributed by atoms with E-state index in [4.69, 9.17) is 0 Å². The van der Waals surface area contributed by atoms with Crippen molar-refractivity contribution in [1.82, 2.24) is 16.0 Å². The van der Waals surface area contributed by atoms with E-state index in [2.05, 4.69) is 16.0 Å². The number of hydrogen-bond donors (Lipinski definition) is 4. The average molecular weight is 297 g/mol. The van der Waals surface area contributed by atoms with E-state index in [0.717, 1.165) is 25.7 Å². The van der Waals surface area contributed by atoms with Gasteiger partial charge in [0.05, 0.1) is 6.10 Å². The van der Waals surface area contributed by atoms with E-state index in [-0.39, 0.29) is 23.7 Å². The van der Waals surface area contributed by atoms with E-state index in [1.165, 1.54) is 6.42 Å². The van der Waals surface area contributed by atoms with Gasteiger partial charge in [-0.1, -0.05) is 19.3 Å². The molecule has 2 fully saturated rings. The van der Waals surface area contributed by atoms with Gasteiger partial charge in [0.25, 0.3) is 0 Å². The van der Waals surface area contributed by atoms with Crippen molar-refractivity contribution >= 4 is 11.8 Å². The van der Waals surface area contributed by atoms with Crippen LogP contribution in [0.4, 0.5) is 0 Å². The topological polar surface area (TPSA) is 90.5 Å². The number of β-amino-alcohol motifs (C(OH)–C–C–N with tert-alkyl or cyclic N) is 1. The number of carbonyl (C=O) groups excluding carboxylic acids is 2. The Labute approximate surface area is 126 Å². The molecule has 4 N–H and O–H groups in total. The molecule has 1 aliphatic carbocycles. The smallest absolute Gasteiger partial charge is 0.242 e. The second-order valence-electron chi connectivity index (χ2n) is 6.30. The molecule has 0 bridgehead atoms. The fraction of sp³-hybridized carbons (Fsp3) is 0.867. The van der Waals surface area contributed by atoms with Crippen LogP contribution in [0.25, 0.3) is 0 Å². The number of carbonyl (C=O) groups is 2. The molecule has 2 rings (SSSR count). The third-order valence-corrected chi connectivity index (χ3v) is 4.57. The minimum absolute atomic E-state index is 0.0000761. The summed E-state index contributed by atoms with van der Waals surface area (Å²) >= 11 is 0. The molecule has 3 atom stereocenters. The van der Waals surface area contributed by atoms with Crippen molar-refractivity contribution in [2.24, 2.45) is 11.8 Å². The van der Waals surface area contributed by atoms with Crippen molar-refractivity contribution in [2.45, 2.75) is 51.2 Å². The zero-order chi connectivity index (χ0) is 15.2. The number of aliphatic hydroxyl groups is 1. The van der Waals surface area contributed by atoms with Gasteiger partial charge in [-0.3, -0.25) is 9.59 Å². The van der Waals surface area contributed by atoms with Gasteiger partial charge in [-0.15, -0.1) is 0 Å². The van der Waals surface area contributed by atoms with E-state index >= 15 is 0 Å². The van der Waals surface area contributed by atoms with Crippen molar-refractivity contribution in [3.05, 3.63) is 0 Å². The number of amides is 2. The SMILES string of the molecule is C[C@H](NC(=O)C1CCCCC1)C(=O)NCC1CNCC1O. The van der Waals surface area contributed by atoms with Crippen LogP contribution in [0.2, 0.25) is 0 Å². The average Bonchev–Trinajstić information content (AvgIpc) is 2.90. The Kier molecular flexibility index (Phi) is 5.99. The quantitative estimate of drug-likeness (QED) is 0.564. The summed E-state index contributed by atoms with van der Waals surface area (Å²) in [5.74, 6) is -0.0665. The van der Waals surface area contributed by atoms with Gasteiger partial charge in [0.2, 0.25) is 11.8 Å². The summed E-state index contributed by atoms with van der Waals surface area (Å²) in [6.45, 7) is 3.44. The summed E-state index contributed by atoms with van der Waals surface area (Å²) in [4.78, 5) is 24.1. The molecular weight excluding hydrogens is 270 g/mol. The summed E-state index contributed by atoms with van der Waals surface area (Å²) in [7, 11) is 0. The molecule has 0 aromatic rings. The number of nitrogens with one attached hydrogen (secondary N) is 3. The Hall–Kier alpha value is -1.14. The normalized spacial score (nSPS) is 28.1. The lowest BCUT2D eigenvalue weighted by molar-refractivity contribution is -0.131. The van der Waals surface area contributed by atoms with E-state index in [1.807, 2.05) is 0 Å². The second-order valence-corrected chi connectivity index (χ2v) is 6.30. The van der Waals surface area contributed by atoms with E-state index in [0.29, 0.717) is 19.6 Å². The first kappa shape index (κ1) is 16.2. The minimum Gasteiger partial charge on any atom is -0.391 e. The Morgan fingerprint density at radius 2 is 1.95 bits per heavy atom. The van der Waals surface area contributed by atoms with Crippen LogP contribution in [0, 0.1) is 11.8 Å². The molecule has 1 saturated carbocycles. The largest absolute Gasteiger partial charge is 0.391 e. The van der Waals surface area contributed by atoms with Gasteiger partial charge in [0, 0.05) is 31.5 Å². The Morgan fingerprint density at radius 3 is 2.57 bits per heavy atom. The van der Waals surface area contributed by atoms with Gasteiger partial charge < -0.3 is 21.1 Å². The fourth-order valence-electron chi connectivity index (χ4n) is 3.07. The van der Waals surface area contributed by atoms with Gasteiger partial charge in [-0.2, -0.15) is 0 Å². The first-order chi connectivity index (χ1) is 10.1. The highest BCUT2D eigenvalue weighted by atomic mass is 16.3. The monoisotopic (exact) mass is 297 g/mol. The number of aliphatic hydroxyl groups excluding tert-OH is 1. The standard InChI is InChI=1S/C15H27N3O3/c1-10(18-15(21)11-5-3-2-4-6-11)14(20)17-8-12-7-16-9-13(12)19/h10-13,16,19H,2-9H2,1H3,(H,17,20)(H,18,21)/t10-,12?,13?/m0/s1. The maximum absolute atomic E-state index is 12.1. The molecule has 0 radical (unpaired) electrons. The van der Waals surface area contributed by atoms with Crippen LogP contribution in [0.3, 0.4) is 0 Å². The van der Waals surface area contributed by atoms with E-state index < -0.39 is 12.1 Å². The van der Waals surface area contributed by atoms with Gasteiger partial charge in [0.1, 0.15) is 6.04 Å². The molecule has 0 aromatic carbocycles. The molecule has 2 unspecified atom stereocenters. The molecule has 21 heavy (non-hydrogen) atoms. The van der Waals surface area contributed by atoms with Crippen molar-refractivity contribution in [3.8, 4) is 0 Å². The van der Waals surface area contributed by atoms with Gasteiger partial charge >= 0.3 is 0 Å². The molecule has 2 amide bonds. The lowest BCUT2D eigenvalue weighted by Gasteiger charge is -2.23. The summed E-state index contributed by atoms with van der Waals surface area (Å²) < 4.78 is 0. The third-order valence-electron chi connectivity index (χ3n) is 4.57. The van der Waals surface area contributed by atoms with Crippen molar-refractivity contribution < 1.29 is 14.7 Å². The van der Waals surface area contributed by atoms with Crippen molar-refractivity contribution in [2.75, 3.05) is 19.6 Å². The van der Waals surface area contributed by atoms with Gasteiger partial charge in [-0.05, 0) is 19.8 Å². The maximum atomic E-state index is 12.1. The third kappa shape index (κ3) is 4.68. The Morgan fingerprint density at radius 1 is 1.24 bits per heavy atom. The summed E-state index contributed by atoms with van der Waals surface area (Å²) in [5.41, 5.74) is 0. The first-order valence-corrected chi connectivity index (χ1v) is 8.05. The molecule has 120 valence electrons. The van der Waals surface area contributed by atoms with E-state index in [1.54, 1.807) is 6.92 Å². The zero-order valence-electron chi connectivity index (χ0n) is 12.7. The highest BCUT2D eigenvalue weighted by molar-refractivity contribution is 5.88. The highest BCUT2D eigenvalue weighted by Crippen LogP contribution is 2.23. The first-order valence-electron chi connectivity index (χ1n) is 8.05. The number of hydrogen-bond acceptors (Lipinski definition) is 4. The summed E-state index contributed by atoms with van der Waals surface area (Å²) in [6.07, 6.45) is 4.87. The fourth-order valence-corrected chi connectivity index (χ4v) is 3.07. The van der Waals surface area contributed by atoms with Crippen LogP contribution in [-0.4, -0.2) is 48.7 Å². The molecule has 6 nitrogen and oxygen atoms in total. The molecule has 2 aliphatic rings. The predicted octanol–water partition coefficient (Wildman–Crippen LogP) is -0.232. The van der Waals surface area contributed by atoms with Crippen LogP contribution in [0.5, 0.6) is 0 Å². The van der Waals surface area contributed by atoms with Crippen molar-refractivity contribution in [1.29, 1.82) is 0 Å². The predicted molar refractivity (Wildman–Crippen MR) is 79.6 cm³/mol. The molecule has 1 saturated heterocycles. The van der Waals surface area contributed by atoms with Gasteiger partial charge in [-0.25, -0.2) is 0 Å². The van der Waals surface area contributed by atoms with Gasteiger partial charge in [0.15, 0.2) is 0 Å². The van der Waals surface area contributed by atoms with E-state index in [9.17, 15) is 14.7 Å². The molecular formula is C15H27N3O3. The van der Waals surface area contributed by atoms with Crippen LogP contribution in [0.1, 0.15) is 39.0 Å². The van der Waals surface area contributed by atoms with Crippen LogP contribution < -0.4 is 16.0 Å². The molecule has 1 heterocycles. The Balaban J connectivity index is 1.70. The van der Waals surface area contributed by atoms with Crippen LogP contribution >= 0.6 is 0 Å². The molecule has 0 aromatic heterocycles. The lowest BCUT2D eigenvalue weighted by atomic mass is 9.88. The second kappa shape index (κ2) is 7.75.